The van der Waals surface area contributed by atoms with Crippen molar-refractivity contribution in [1.29, 1.82) is 0 Å². The lowest BCUT2D eigenvalue weighted by molar-refractivity contribution is 0.167. The summed E-state index contributed by atoms with van der Waals surface area (Å²) >= 11 is 0. The van der Waals surface area contributed by atoms with E-state index in [1.54, 1.807) is 0 Å². The summed E-state index contributed by atoms with van der Waals surface area (Å²) in [5.74, 6) is 1.02. The smallest absolute Gasteiger partial charge is 0.0427 e. The third kappa shape index (κ3) is 2.86. The van der Waals surface area contributed by atoms with Crippen molar-refractivity contribution in [3.63, 3.8) is 0 Å². The summed E-state index contributed by atoms with van der Waals surface area (Å²) in [7, 11) is 0. The maximum Gasteiger partial charge on any atom is 0.0427 e. The van der Waals surface area contributed by atoms with Gasteiger partial charge >= 0.3 is 0 Å². The van der Waals surface area contributed by atoms with Gasteiger partial charge in [-0.05, 0) is 43.7 Å². The minimum Gasteiger partial charge on any atom is -0.369 e. The Morgan fingerprint density at radius 2 is 2.00 bits per heavy atom. The average Bonchev–Trinajstić information content (AvgIpc) is 3.17. The van der Waals surface area contributed by atoms with E-state index in [4.69, 9.17) is 0 Å². The first-order valence-corrected chi connectivity index (χ1v) is 8.91. The Kier molecular flexibility index (Phi) is 4.05. The zero-order valence-electron chi connectivity index (χ0n) is 13.7. The molecule has 1 aromatic rings. The Hall–Kier alpha value is -1.13. The molecule has 1 saturated carbocycles. The van der Waals surface area contributed by atoms with Crippen LogP contribution in [0.4, 0.5) is 5.69 Å². The predicted molar refractivity (Wildman–Crippen MR) is 90.3 cm³/mol. The molecule has 2 bridgehead atoms. The number of aryl methyl sites for hydroxylation is 1. The number of rotatable bonds is 4. The Morgan fingerprint density at radius 3 is 2.68 bits per heavy atom. The van der Waals surface area contributed by atoms with E-state index in [9.17, 15) is 0 Å². The lowest BCUT2D eigenvalue weighted by atomic mass is 10.1. The second-order valence-corrected chi connectivity index (χ2v) is 7.32. The number of likely N-dealkylation sites (tertiary alicyclic amines) is 1. The summed E-state index contributed by atoms with van der Waals surface area (Å²) in [6.45, 7) is 10.8. The number of nitrogens with zero attached hydrogens (tertiary/aromatic N) is 4. The second-order valence-electron chi connectivity index (χ2n) is 7.32. The number of piperidine rings is 1. The highest BCUT2D eigenvalue weighted by Crippen LogP contribution is 2.36. The maximum absolute atomic E-state index is 4.20. The maximum atomic E-state index is 4.20. The number of aromatic nitrogens is 1. The first kappa shape index (κ1) is 14.5. The van der Waals surface area contributed by atoms with Crippen LogP contribution in [-0.4, -0.2) is 66.6 Å². The van der Waals surface area contributed by atoms with Crippen LogP contribution in [0.2, 0.25) is 0 Å². The highest BCUT2D eigenvalue weighted by atomic mass is 15.3. The van der Waals surface area contributed by atoms with E-state index in [-0.39, 0.29) is 0 Å². The molecular formula is C18H28N4. The van der Waals surface area contributed by atoms with Crippen LogP contribution in [0, 0.1) is 12.8 Å². The van der Waals surface area contributed by atoms with Crippen molar-refractivity contribution < 1.29 is 0 Å². The fourth-order valence-corrected chi connectivity index (χ4v) is 4.60. The van der Waals surface area contributed by atoms with Gasteiger partial charge < -0.3 is 4.90 Å². The van der Waals surface area contributed by atoms with Gasteiger partial charge in [0.05, 0.1) is 0 Å². The molecule has 0 spiro atoms. The fourth-order valence-electron chi connectivity index (χ4n) is 4.60. The minimum atomic E-state index is 0.922. The van der Waals surface area contributed by atoms with Crippen LogP contribution in [0.25, 0.3) is 0 Å². The average molecular weight is 300 g/mol. The van der Waals surface area contributed by atoms with Crippen molar-refractivity contribution in [2.75, 3.05) is 50.7 Å². The van der Waals surface area contributed by atoms with Crippen LogP contribution in [0.5, 0.6) is 0 Å². The topological polar surface area (TPSA) is 22.6 Å². The standard InChI is InChI=1S/C18H28N4/c1-15-13-19-5-4-18(15)21-9-6-20(7-10-21)8-11-22-14-16-2-3-17(22)12-16/h4-5,13,16-17H,2-3,6-12,14H2,1H3/t16-,17+/m0/s1. The molecule has 120 valence electrons. The molecular weight excluding hydrogens is 272 g/mol. The molecule has 4 rings (SSSR count). The van der Waals surface area contributed by atoms with Gasteiger partial charge in [-0.15, -0.1) is 0 Å². The molecule has 4 nitrogen and oxygen atoms in total. The normalized spacial score (nSPS) is 29.4. The zero-order chi connectivity index (χ0) is 14.9. The number of hydrogen-bond donors (Lipinski definition) is 0. The van der Waals surface area contributed by atoms with Crippen LogP contribution in [0.1, 0.15) is 24.8 Å². The molecule has 0 N–H and O–H groups in total. The summed E-state index contributed by atoms with van der Waals surface area (Å²) < 4.78 is 0. The lowest BCUT2D eigenvalue weighted by Crippen LogP contribution is -2.49. The van der Waals surface area contributed by atoms with Gasteiger partial charge in [-0.1, -0.05) is 0 Å². The van der Waals surface area contributed by atoms with Gasteiger partial charge in [0.25, 0.3) is 0 Å². The van der Waals surface area contributed by atoms with Crippen molar-refractivity contribution in [1.82, 2.24) is 14.8 Å². The number of hydrogen-bond acceptors (Lipinski definition) is 4. The molecule has 1 aliphatic carbocycles. The molecule has 22 heavy (non-hydrogen) atoms. The van der Waals surface area contributed by atoms with Gasteiger partial charge in [0.2, 0.25) is 0 Å². The summed E-state index contributed by atoms with van der Waals surface area (Å²) in [4.78, 5) is 12.1. The van der Waals surface area contributed by atoms with Crippen LogP contribution in [0.3, 0.4) is 0 Å². The molecule has 0 amide bonds. The predicted octanol–water partition coefficient (Wildman–Crippen LogP) is 2.00. The molecule has 2 saturated heterocycles. The molecule has 3 aliphatic rings. The molecule has 2 aliphatic heterocycles. The van der Waals surface area contributed by atoms with Gasteiger partial charge in [0.1, 0.15) is 0 Å². The molecule has 2 atom stereocenters. The summed E-state index contributed by atoms with van der Waals surface area (Å²) in [5, 5.41) is 0. The molecule has 0 radical (unpaired) electrons. The molecule has 3 fully saturated rings. The van der Waals surface area contributed by atoms with Crippen molar-refractivity contribution in [2.45, 2.75) is 32.2 Å². The molecule has 3 heterocycles. The number of fused-ring (bicyclic) bond motifs is 2. The van der Waals surface area contributed by atoms with Crippen LogP contribution < -0.4 is 4.90 Å². The van der Waals surface area contributed by atoms with Crippen molar-refractivity contribution in [3.8, 4) is 0 Å². The zero-order valence-corrected chi connectivity index (χ0v) is 13.7. The lowest BCUT2D eigenvalue weighted by Gasteiger charge is -2.38. The quantitative estimate of drug-likeness (QED) is 0.848. The van der Waals surface area contributed by atoms with Crippen LogP contribution in [0.15, 0.2) is 18.5 Å². The SMILES string of the molecule is Cc1cnccc1N1CCN(CCN2C[C@H]3CC[C@@H]2C3)CC1. The fraction of sp³-hybridized carbons (Fsp3) is 0.722. The number of anilines is 1. The van der Waals surface area contributed by atoms with E-state index in [2.05, 4.69) is 32.7 Å². The first-order chi connectivity index (χ1) is 10.8. The van der Waals surface area contributed by atoms with Crippen molar-refractivity contribution >= 4 is 5.69 Å². The van der Waals surface area contributed by atoms with Crippen LogP contribution >= 0.6 is 0 Å². The Balaban J connectivity index is 1.25. The van der Waals surface area contributed by atoms with E-state index in [1.165, 1.54) is 63.2 Å². The summed E-state index contributed by atoms with van der Waals surface area (Å²) in [6.07, 6.45) is 8.32. The highest BCUT2D eigenvalue weighted by Gasteiger charge is 2.37. The van der Waals surface area contributed by atoms with E-state index >= 15 is 0 Å². The van der Waals surface area contributed by atoms with E-state index < -0.39 is 0 Å². The Labute approximate surface area is 134 Å². The Morgan fingerprint density at radius 1 is 1.14 bits per heavy atom. The first-order valence-electron chi connectivity index (χ1n) is 8.91. The van der Waals surface area contributed by atoms with E-state index in [0.29, 0.717) is 0 Å². The number of pyridine rings is 1. The molecule has 4 heteroatoms. The van der Waals surface area contributed by atoms with Crippen molar-refractivity contribution in [2.24, 2.45) is 5.92 Å². The summed E-state index contributed by atoms with van der Waals surface area (Å²) in [6, 6.07) is 3.08. The summed E-state index contributed by atoms with van der Waals surface area (Å²) in [5.41, 5.74) is 2.66. The van der Waals surface area contributed by atoms with E-state index in [0.717, 1.165) is 25.0 Å². The number of piperazine rings is 1. The molecule has 0 aromatic carbocycles. The van der Waals surface area contributed by atoms with E-state index in [1.807, 2.05) is 12.4 Å². The van der Waals surface area contributed by atoms with Crippen LogP contribution in [-0.2, 0) is 0 Å². The van der Waals surface area contributed by atoms with Gasteiger partial charge in [-0.25, -0.2) is 0 Å². The Bertz CT molecular complexity index is 510. The monoisotopic (exact) mass is 300 g/mol. The second kappa shape index (κ2) is 6.17. The minimum absolute atomic E-state index is 0.922. The highest BCUT2D eigenvalue weighted by molar-refractivity contribution is 5.51. The molecule has 0 unspecified atom stereocenters. The van der Waals surface area contributed by atoms with Gasteiger partial charge in [0.15, 0.2) is 0 Å². The van der Waals surface area contributed by atoms with Crippen molar-refractivity contribution in [3.05, 3.63) is 24.0 Å². The largest absolute Gasteiger partial charge is 0.369 e. The van der Waals surface area contributed by atoms with Gasteiger partial charge in [-0.3, -0.25) is 14.8 Å². The van der Waals surface area contributed by atoms with Gasteiger partial charge in [0, 0.05) is 69.9 Å². The third-order valence-corrected chi connectivity index (χ3v) is 5.93. The third-order valence-electron chi connectivity index (χ3n) is 5.93. The molecule has 1 aromatic heterocycles. The van der Waals surface area contributed by atoms with Gasteiger partial charge in [-0.2, -0.15) is 0 Å².